The predicted molar refractivity (Wildman–Crippen MR) is 99.7 cm³/mol. The zero-order valence-corrected chi connectivity index (χ0v) is 14.8. The Kier molecular flexibility index (Phi) is 7.54. The standard InChI is InChI=1S/C22H28O2/c1-3-5-9-18(4-2)16-17-24-21-14-12-20(13-15-21)22(23)19-10-7-6-8-11-19/h6-8,10-15,18H,3-5,9,16-17H2,1-2H3. The van der Waals surface area contributed by atoms with Gasteiger partial charge in [-0.25, -0.2) is 0 Å². The largest absolute Gasteiger partial charge is 0.494 e. The van der Waals surface area contributed by atoms with E-state index in [0.717, 1.165) is 24.7 Å². The quantitative estimate of drug-likeness (QED) is 0.508. The van der Waals surface area contributed by atoms with E-state index in [2.05, 4.69) is 13.8 Å². The molecule has 0 spiro atoms. The van der Waals surface area contributed by atoms with Gasteiger partial charge < -0.3 is 4.74 Å². The Labute approximate surface area is 145 Å². The van der Waals surface area contributed by atoms with Gasteiger partial charge in [0.05, 0.1) is 6.61 Å². The SMILES string of the molecule is CCCCC(CC)CCOc1ccc(C(=O)c2ccccc2)cc1. The number of benzene rings is 2. The van der Waals surface area contributed by atoms with E-state index >= 15 is 0 Å². The molecule has 0 bridgehead atoms. The van der Waals surface area contributed by atoms with Crippen LogP contribution in [0.2, 0.25) is 0 Å². The van der Waals surface area contributed by atoms with E-state index in [1.807, 2.05) is 54.6 Å². The zero-order valence-electron chi connectivity index (χ0n) is 14.8. The fourth-order valence-electron chi connectivity index (χ4n) is 2.85. The molecule has 2 aromatic carbocycles. The Morgan fingerprint density at radius 3 is 2.21 bits per heavy atom. The molecular formula is C22H28O2. The van der Waals surface area contributed by atoms with Crippen LogP contribution < -0.4 is 4.74 Å². The maximum absolute atomic E-state index is 12.4. The molecule has 0 saturated heterocycles. The van der Waals surface area contributed by atoms with Crippen LogP contribution in [0.4, 0.5) is 0 Å². The highest BCUT2D eigenvalue weighted by molar-refractivity contribution is 6.08. The summed E-state index contributed by atoms with van der Waals surface area (Å²) in [4.78, 5) is 12.4. The smallest absolute Gasteiger partial charge is 0.193 e. The molecule has 2 nitrogen and oxygen atoms in total. The van der Waals surface area contributed by atoms with Crippen molar-refractivity contribution >= 4 is 5.78 Å². The minimum absolute atomic E-state index is 0.0489. The van der Waals surface area contributed by atoms with Gasteiger partial charge in [0.15, 0.2) is 5.78 Å². The summed E-state index contributed by atoms with van der Waals surface area (Å²) in [6.45, 7) is 5.24. The summed E-state index contributed by atoms with van der Waals surface area (Å²) in [5.41, 5.74) is 1.41. The Bertz CT molecular complexity index is 602. The van der Waals surface area contributed by atoms with Crippen molar-refractivity contribution in [2.75, 3.05) is 6.61 Å². The third-order valence-electron chi connectivity index (χ3n) is 4.49. The molecule has 0 radical (unpaired) electrons. The van der Waals surface area contributed by atoms with Crippen molar-refractivity contribution in [1.29, 1.82) is 0 Å². The third-order valence-corrected chi connectivity index (χ3v) is 4.49. The number of ketones is 1. The Morgan fingerprint density at radius 2 is 1.58 bits per heavy atom. The molecule has 0 saturated carbocycles. The summed E-state index contributed by atoms with van der Waals surface area (Å²) in [6.07, 6.45) is 6.17. The maximum atomic E-state index is 12.4. The van der Waals surface area contributed by atoms with Crippen molar-refractivity contribution in [2.45, 2.75) is 46.0 Å². The zero-order chi connectivity index (χ0) is 17.2. The monoisotopic (exact) mass is 324 g/mol. The third kappa shape index (κ3) is 5.52. The van der Waals surface area contributed by atoms with E-state index in [0.29, 0.717) is 11.1 Å². The van der Waals surface area contributed by atoms with Gasteiger partial charge >= 0.3 is 0 Å². The summed E-state index contributed by atoms with van der Waals surface area (Å²) in [5.74, 6) is 1.64. The predicted octanol–water partition coefficient (Wildman–Crippen LogP) is 5.90. The van der Waals surface area contributed by atoms with E-state index in [1.165, 1.54) is 25.7 Å². The molecule has 128 valence electrons. The van der Waals surface area contributed by atoms with Gasteiger partial charge in [0.1, 0.15) is 5.75 Å². The van der Waals surface area contributed by atoms with Crippen LogP contribution in [0.3, 0.4) is 0 Å². The highest BCUT2D eigenvalue weighted by Crippen LogP contribution is 2.19. The fraction of sp³-hybridized carbons (Fsp3) is 0.409. The minimum atomic E-state index is 0.0489. The van der Waals surface area contributed by atoms with Gasteiger partial charge in [-0.1, -0.05) is 69.9 Å². The Hall–Kier alpha value is -2.09. The summed E-state index contributed by atoms with van der Waals surface area (Å²) in [5, 5.41) is 0. The van der Waals surface area contributed by atoms with Gasteiger partial charge in [0.25, 0.3) is 0 Å². The van der Waals surface area contributed by atoms with Crippen LogP contribution in [0.5, 0.6) is 5.75 Å². The van der Waals surface area contributed by atoms with Crippen LogP contribution in [0, 0.1) is 5.92 Å². The van der Waals surface area contributed by atoms with Crippen molar-refractivity contribution < 1.29 is 9.53 Å². The van der Waals surface area contributed by atoms with Crippen molar-refractivity contribution in [3.63, 3.8) is 0 Å². The van der Waals surface area contributed by atoms with Crippen molar-refractivity contribution in [2.24, 2.45) is 5.92 Å². The van der Waals surface area contributed by atoms with E-state index < -0.39 is 0 Å². The first-order chi connectivity index (χ1) is 11.7. The van der Waals surface area contributed by atoms with Crippen molar-refractivity contribution in [1.82, 2.24) is 0 Å². The summed E-state index contributed by atoms with van der Waals surface area (Å²) < 4.78 is 5.85. The lowest BCUT2D eigenvalue weighted by molar-refractivity contribution is 0.103. The first-order valence-electron chi connectivity index (χ1n) is 9.07. The van der Waals surface area contributed by atoms with E-state index in [-0.39, 0.29) is 5.78 Å². The number of carbonyl (C=O) groups is 1. The van der Waals surface area contributed by atoms with Crippen LogP contribution >= 0.6 is 0 Å². The summed E-state index contributed by atoms with van der Waals surface area (Å²) >= 11 is 0. The average Bonchev–Trinajstić information content (AvgIpc) is 2.65. The fourth-order valence-corrected chi connectivity index (χ4v) is 2.85. The van der Waals surface area contributed by atoms with Crippen LogP contribution in [0.1, 0.15) is 61.9 Å². The van der Waals surface area contributed by atoms with E-state index in [9.17, 15) is 4.79 Å². The molecule has 0 amide bonds. The van der Waals surface area contributed by atoms with E-state index in [4.69, 9.17) is 4.74 Å². The van der Waals surface area contributed by atoms with Crippen LogP contribution in [-0.4, -0.2) is 12.4 Å². The molecule has 0 aliphatic rings. The molecular weight excluding hydrogens is 296 g/mol. The van der Waals surface area contributed by atoms with Gasteiger partial charge in [-0.05, 0) is 36.6 Å². The van der Waals surface area contributed by atoms with Crippen molar-refractivity contribution in [3.05, 3.63) is 65.7 Å². The van der Waals surface area contributed by atoms with Gasteiger partial charge in [-0.2, -0.15) is 0 Å². The molecule has 0 fully saturated rings. The topological polar surface area (TPSA) is 26.3 Å². The highest BCUT2D eigenvalue weighted by Gasteiger charge is 2.09. The lowest BCUT2D eigenvalue weighted by atomic mass is 9.96. The molecule has 2 rings (SSSR count). The molecule has 0 N–H and O–H groups in total. The molecule has 0 heterocycles. The molecule has 1 atom stereocenters. The van der Waals surface area contributed by atoms with Gasteiger partial charge in [0.2, 0.25) is 0 Å². The second kappa shape index (κ2) is 9.92. The van der Waals surface area contributed by atoms with Gasteiger partial charge in [-0.15, -0.1) is 0 Å². The first kappa shape index (κ1) is 18.3. The molecule has 24 heavy (non-hydrogen) atoms. The minimum Gasteiger partial charge on any atom is -0.494 e. The first-order valence-corrected chi connectivity index (χ1v) is 9.07. The molecule has 2 heteroatoms. The second-order valence-corrected chi connectivity index (χ2v) is 6.27. The van der Waals surface area contributed by atoms with E-state index in [1.54, 1.807) is 0 Å². The summed E-state index contributed by atoms with van der Waals surface area (Å²) in [6, 6.07) is 16.8. The van der Waals surface area contributed by atoms with Crippen LogP contribution in [-0.2, 0) is 0 Å². The lowest BCUT2D eigenvalue weighted by Gasteiger charge is -2.15. The number of ether oxygens (including phenoxy) is 1. The molecule has 1 unspecified atom stereocenters. The molecule has 0 aromatic heterocycles. The van der Waals surface area contributed by atoms with Gasteiger partial charge in [-0.3, -0.25) is 4.79 Å². The lowest BCUT2D eigenvalue weighted by Crippen LogP contribution is -2.07. The van der Waals surface area contributed by atoms with Gasteiger partial charge in [0, 0.05) is 11.1 Å². The van der Waals surface area contributed by atoms with Crippen molar-refractivity contribution in [3.8, 4) is 5.75 Å². The number of hydrogen-bond donors (Lipinski definition) is 0. The highest BCUT2D eigenvalue weighted by atomic mass is 16.5. The Balaban J connectivity index is 1.85. The number of hydrogen-bond acceptors (Lipinski definition) is 2. The molecule has 2 aromatic rings. The second-order valence-electron chi connectivity index (χ2n) is 6.27. The summed E-state index contributed by atoms with van der Waals surface area (Å²) in [7, 11) is 0. The maximum Gasteiger partial charge on any atom is 0.193 e. The number of rotatable bonds is 10. The molecule has 0 aliphatic heterocycles. The average molecular weight is 324 g/mol. The van der Waals surface area contributed by atoms with Crippen LogP contribution in [0.15, 0.2) is 54.6 Å². The number of carbonyl (C=O) groups excluding carboxylic acids is 1. The van der Waals surface area contributed by atoms with Crippen LogP contribution in [0.25, 0.3) is 0 Å². The normalized spacial score (nSPS) is 11.9. The molecule has 0 aliphatic carbocycles. The Morgan fingerprint density at radius 1 is 0.917 bits per heavy atom. The number of unbranched alkanes of at least 4 members (excludes halogenated alkanes) is 1.